The molecule has 1 aliphatic rings. The Kier molecular flexibility index (Phi) is 2.94. The number of carbonyl (C=O) groups is 1. The number of carbonyl (C=O) groups excluding carboxylic acids is 1. The van der Waals surface area contributed by atoms with Crippen molar-refractivity contribution in [2.75, 3.05) is 0 Å². The van der Waals surface area contributed by atoms with Crippen LogP contribution in [0.1, 0.15) is 24.1 Å². The van der Waals surface area contributed by atoms with Crippen molar-refractivity contribution in [3.05, 3.63) is 35.4 Å². The molecule has 1 aromatic carbocycles. The molecule has 0 spiro atoms. The zero-order valence-electron chi connectivity index (χ0n) is 9.18. The first-order chi connectivity index (χ1) is 7.59. The quantitative estimate of drug-likeness (QED) is 0.662. The lowest BCUT2D eigenvalue weighted by molar-refractivity contribution is -0.123. The highest BCUT2D eigenvalue weighted by Crippen LogP contribution is 2.31. The molecule has 4 heteroatoms. The lowest BCUT2D eigenvalue weighted by Gasteiger charge is -2.19. The summed E-state index contributed by atoms with van der Waals surface area (Å²) < 4.78 is 0. The maximum absolute atomic E-state index is 11.5. The van der Waals surface area contributed by atoms with Gasteiger partial charge in [-0.05, 0) is 18.1 Å². The van der Waals surface area contributed by atoms with Crippen LogP contribution in [-0.4, -0.2) is 23.2 Å². The number of rotatable bonds is 2. The van der Waals surface area contributed by atoms with Gasteiger partial charge in [0, 0.05) is 6.42 Å². The zero-order valence-corrected chi connectivity index (χ0v) is 9.18. The van der Waals surface area contributed by atoms with Crippen LogP contribution in [0.3, 0.4) is 0 Å². The summed E-state index contributed by atoms with van der Waals surface area (Å²) in [6.07, 6.45) is 0.0279. The first-order valence-electron chi connectivity index (χ1n) is 5.41. The molecule has 0 heterocycles. The van der Waals surface area contributed by atoms with E-state index in [4.69, 9.17) is 5.73 Å². The summed E-state index contributed by atoms with van der Waals surface area (Å²) in [4.78, 5) is 11.5. The average molecular weight is 220 g/mol. The van der Waals surface area contributed by atoms with Gasteiger partial charge in [-0.15, -0.1) is 0 Å². The van der Waals surface area contributed by atoms with Gasteiger partial charge in [0.2, 0.25) is 5.91 Å². The molecule has 4 nitrogen and oxygen atoms in total. The van der Waals surface area contributed by atoms with E-state index >= 15 is 0 Å². The normalized spacial score (nSPS) is 24.9. The van der Waals surface area contributed by atoms with Crippen LogP contribution in [0, 0.1) is 0 Å². The van der Waals surface area contributed by atoms with Crippen LogP contribution in [0.5, 0.6) is 0 Å². The van der Waals surface area contributed by atoms with E-state index in [0.29, 0.717) is 6.42 Å². The summed E-state index contributed by atoms with van der Waals surface area (Å²) in [5, 5.41) is 12.7. The predicted octanol–water partition coefficient (Wildman–Crippen LogP) is 0.108. The molecule has 0 fully saturated rings. The van der Waals surface area contributed by atoms with E-state index in [9.17, 15) is 9.90 Å². The van der Waals surface area contributed by atoms with Gasteiger partial charge in [-0.25, -0.2) is 0 Å². The van der Waals surface area contributed by atoms with Gasteiger partial charge in [0.05, 0.1) is 18.2 Å². The fraction of sp³-hybridized carbons (Fsp3) is 0.417. The Bertz CT molecular complexity index is 404. The predicted molar refractivity (Wildman–Crippen MR) is 60.7 cm³/mol. The van der Waals surface area contributed by atoms with Crippen LogP contribution < -0.4 is 11.1 Å². The molecule has 86 valence electrons. The van der Waals surface area contributed by atoms with Crippen LogP contribution in [0.15, 0.2) is 24.3 Å². The SMILES string of the molecule is C[C@@H](N)C(=O)N[C@H]1c2ccccc2C[C@H]1O. The first-order valence-corrected chi connectivity index (χ1v) is 5.41. The van der Waals surface area contributed by atoms with E-state index in [1.807, 2.05) is 24.3 Å². The molecule has 0 aliphatic heterocycles. The highest BCUT2D eigenvalue weighted by atomic mass is 16.3. The Hall–Kier alpha value is -1.39. The van der Waals surface area contributed by atoms with Gasteiger partial charge in [-0.1, -0.05) is 24.3 Å². The van der Waals surface area contributed by atoms with E-state index in [2.05, 4.69) is 5.32 Å². The van der Waals surface area contributed by atoms with Crippen molar-refractivity contribution in [1.82, 2.24) is 5.32 Å². The van der Waals surface area contributed by atoms with E-state index in [0.717, 1.165) is 11.1 Å². The molecule has 0 bridgehead atoms. The van der Waals surface area contributed by atoms with Gasteiger partial charge < -0.3 is 16.2 Å². The molecule has 16 heavy (non-hydrogen) atoms. The zero-order chi connectivity index (χ0) is 11.7. The monoisotopic (exact) mass is 220 g/mol. The highest BCUT2D eigenvalue weighted by Gasteiger charge is 2.32. The number of nitrogens with two attached hydrogens (primary N) is 1. The summed E-state index contributed by atoms with van der Waals surface area (Å²) in [6.45, 7) is 1.63. The van der Waals surface area contributed by atoms with Gasteiger partial charge in [-0.2, -0.15) is 0 Å². The molecule has 0 radical (unpaired) electrons. The molecule has 1 aliphatic carbocycles. The third kappa shape index (κ3) is 1.94. The van der Waals surface area contributed by atoms with Gasteiger partial charge >= 0.3 is 0 Å². The second-order valence-corrected chi connectivity index (χ2v) is 4.25. The van der Waals surface area contributed by atoms with Crippen molar-refractivity contribution in [2.45, 2.75) is 31.5 Å². The van der Waals surface area contributed by atoms with Crippen LogP contribution in [0.25, 0.3) is 0 Å². The smallest absolute Gasteiger partial charge is 0.237 e. The summed E-state index contributed by atoms with van der Waals surface area (Å²) >= 11 is 0. The van der Waals surface area contributed by atoms with Crippen molar-refractivity contribution in [3.8, 4) is 0 Å². The lowest BCUT2D eigenvalue weighted by atomic mass is 10.1. The number of hydrogen-bond acceptors (Lipinski definition) is 3. The second kappa shape index (κ2) is 4.23. The van der Waals surface area contributed by atoms with E-state index in [1.54, 1.807) is 6.92 Å². The Morgan fingerprint density at radius 3 is 2.94 bits per heavy atom. The fourth-order valence-electron chi connectivity index (χ4n) is 2.03. The summed E-state index contributed by atoms with van der Waals surface area (Å²) in [6, 6.07) is 6.85. The molecule has 0 aromatic heterocycles. The maximum atomic E-state index is 11.5. The van der Waals surface area contributed by atoms with Gasteiger partial charge in [0.15, 0.2) is 0 Å². The Balaban J connectivity index is 2.19. The summed E-state index contributed by atoms with van der Waals surface area (Å²) in [7, 11) is 0. The number of aliphatic hydroxyl groups is 1. The number of benzene rings is 1. The minimum atomic E-state index is -0.556. The van der Waals surface area contributed by atoms with Gasteiger partial charge in [0.25, 0.3) is 0 Å². The number of nitrogens with one attached hydrogen (secondary N) is 1. The highest BCUT2D eigenvalue weighted by molar-refractivity contribution is 5.81. The van der Waals surface area contributed by atoms with Crippen LogP contribution in [-0.2, 0) is 11.2 Å². The summed E-state index contributed by atoms with van der Waals surface area (Å²) in [5.41, 5.74) is 7.56. The van der Waals surface area contributed by atoms with E-state index in [1.165, 1.54) is 0 Å². The molecule has 1 aromatic rings. The third-order valence-corrected chi connectivity index (χ3v) is 2.92. The summed E-state index contributed by atoms with van der Waals surface area (Å²) in [5.74, 6) is -0.235. The minimum absolute atomic E-state index is 0.235. The minimum Gasteiger partial charge on any atom is -0.390 e. The fourth-order valence-corrected chi connectivity index (χ4v) is 2.03. The van der Waals surface area contributed by atoms with Crippen molar-refractivity contribution >= 4 is 5.91 Å². The Labute approximate surface area is 94.5 Å². The number of aliphatic hydroxyl groups excluding tert-OH is 1. The van der Waals surface area contributed by atoms with Crippen LogP contribution >= 0.6 is 0 Å². The molecule has 0 unspecified atom stereocenters. The van der Waals surface area contributed by atoms with Crippen molar-refractivity contribution < 1.29 is 9.90 Å². The number of amides is 1. The topological polar surface area (TPSA) is 75.4 Å². The van der Waals surface area contributed by atoms with E-state index in [-0.39, 0.29) is 11.9 Å². The molecule has 0 saturated heterocycles. The molecule has 4 N–H and O–H groups in total. The molecule has 3 atom stereocenters. The Morgan fingerprint density at radius 1 is 1.56 bits per heavy atom. The second-order valence-electron chi connectivity index (χ2n) is 4.25. The first kappa shape index (κ1) is 11.1. The number of hydrogen-bond donors (Lipinski definition) is 3. The molecule has 2 rings (SSSR count). The molecule has 1 amide bonds. The largest absolute Gasteiger partial charge is 0.390 e. The van der Waals surface area contributed by atoms with E-state index < -0.39 is 12.1 Å². The standard InChI is InChI=1S/C12H16N2O2/c1-7(13)12(16)14-11-9-5-3-2-4-8(9)6-10(11)15/h2-5,7,10-11,15H,6,13H2,1H3,(H,14,16)/t7-,10-,11+/m1/s1. The molecular formula is C12H16N2O2. The average Bonchev–Trinajstić information content (AvgIpc) is 2.55. The van der Waals surface area contributed by atoms with Crippen LogP contribution in [0.2, 0.25) is 0 Å². The van der Waals surface area contributed by atoms with Crippen LogP contribution in [0.4, 0.5) is 0 Å². The maximum Gasteiger partial charge on any atom is 0.237 e. The van der Waals surface area contributed by atoms with Gasteiger partial charge in [-0.3, -0.25) is 4.79 Å². The van der Waals surface area contributed by atoms with Gasteiger partial charge in [0.1, 0.15) is 0 Å². The van der Waals surface area contributed by atoms with Crippen molar-refractivity contribution in [3.63, 3.8) is 0 Å². The molecule has 0 saturated carbocycles. The van der Waals surface area contributed by atoms with Crippen molar-refractivity contribution in [1.29, 1.82) is 0 Å². The van der Waals surface area contributed by atoms with Crippen molar-refractivity contribution in [2.24, 2.45) is 5.73 Å². The Morgan fingerprint density at radius 2 is 2.25 bits per heavy atom. The number of fused-ring (bicyclic) bond motifs is 1. The third-order valence-electron chi connectivity index (χ3n) is 2.92. The molecular weight excluding hydrogens is 204 g/mol. The lowest BCUT2D eigenvalue weighted by Crippen LogP contribution is -2.42.